The summed E-state index contributed by atoms with van der Waals surface area (Å²) in [5, 5.41) is 12.6. The topological polar surface area (TPSA) is 90.0 Å². The predicted molar refractivity (Wildman–Crippen MR) is 94.7 cm³/mol. The summed E-state index contributed by atoms with van der Waals surface area (Å²) in [5.41, 5.74) is -2.94. The van der Waals surface area contributed by atoms with Crippen molar-refractivity contribution in [2.24, 2.45) is 0 Å². The van der Waals surface area contributed by atoms with Gasteiger partial charge in [0.25, 0.3) is 5.91 Å². The van der Waals surface area contributed by atoms with Gasteiger partial charge in [-0.15, -0.1) is 0 Å². The van der Waals surface area contributed by atoms with Crippen LogP contribution in [0.25, 0.3) is 0 Å². The summed E-state index contributed by atoms with van der Waals surface area (Å²) < 4.78 is 29.5. The summed E-state index contributed by atoms with van der Waals surface area (Å²) in [4.78, 5) is 39.0. The molecule has 1 saturated heterocycles. The summed E-state index contributed by atoms with van der Waals surface area (Å²) in [6, 6.07) is 2.95. The zero-order valence-corrected chi connectivity index (χ0v) is 15.5. The van der Waals surface area contributed by atoms with Gasteiger partial charge in [0.15, 0.2) is 5.66 Å². The van der Waals surface area contributed by atoms with E-state index in [0.29, 0.717) is 30.8 Å². The molecule has 0 spiro atoms. The van der Waals surface area contributed by atoms with Crippen LogP contribution >= 0.6 is 0 Å². The van der Waals surface area contributed by atoms with Gasteiger partial charge in [-0.3, -0.25) is 9.59 Å². The number of carbonyl (C=O) groups is 3. The van der Waals surface area contributed by atoms with Crippen LogP contribution in [0.5, 0.6) is 0 Å². The van der Waals surface area contributed by atoms with Gasteiger partial charge >= 0.3 is 5.97 Å². The van der Waals surface area contributed by atoms with Crippen molar-refractivity contribution >= 4 is 17.8 Å². The number of rotatable bonds is 3. The van der Waals surface area contributed by atoms with Crippen molar-refractivity contribution in [1.29, 1.82) is 0 Å². The fourth-order valence-electron chi connectivity index (χ4n) is 4.09. The molecule has 0 saturated carbocycles. The van der Waals surface area contributed by atoms with Gasteiger partial charge in [-0.25, -0.2) is 18.5 Å². The maximum Gasteiger partial charge on any atom is 0.342 e. The smallest absolute Gasteiger partial charge is 0.342 e. The summed E-state index contributed by atoms with van der Waals surface area (Å²) in [6.45, 7) is 3.66. The fraction of sp³-hybridized carbons (Fsp3) is 0.421. The quantitative estimate of drug-likeness (QED) is 0.758. The van der Waals surface area contributed by atoms with Gasteiger partial charge in [0.2, 0.25) is 5.91 Å². The van der Waals surface area contributed by atoms with Crippen molar-refractivity contribution in [3.05, 3.63) is 47.2 Å². The van der Waals surface area contributed by atoms with E-state index < -0.39 is 46.2 Å². The number of halogens is 2. The Morgan fingerprint density at radius 1 is 1.21 bits per heavy atom. The first-order valence-electron chi connectivity index (χ1n) is 8.93. The first-order valence-corrected chi connectivity index (χ1v) is 8.93. The molecule has 0 bridgehead atoms. The molecule has 1 unspecified atom stereocenters. The van der Waals surface area contributed by atoms with E-state index in [0.717, 1.165) is 25.3 Å². The zero-order chi connectivity index (χ0) is 20.6. The summed E-state index contributed by atoms with van der Waals surface area (Å²) in [6.07, 6.45) is 2.22. The Morgan fingerprint density at radius 3 is 2.29 bits per heavy atom. The second-order valence-corrected chi connectivity index (χ2v) is 7.01. The van der Waals surface area contributed by atoms with Gasteiger partial charge in [0, 0.05) is 19.2 Å². The van der Waals surface area contributed by atoms with Crippen LogP contribution in [0.1, 0.15) is 32.3 Å². The number of nitrogens with one attached hydrogen (secondary N) is 1. The lowest BCUT2D eigenvalue weighted by Crippen LogP contribution is -2.65. The highest BCUT2D eigenvalue weighted by Crippen LogP contribution is 2.42. The molecule has 0 aromatic heterocycles. The van der Waals surface area contributed by atoms with Crippen LogP contribution in [-0.2, 0) is 20.0 Å². The number of amides is 2. The standard InChI is InChI=1S/C19H21F2N3O4/c1-11(25)24-17(26)13(18(27)28)10-23(12-6-8-22-9-7-12)19(24,2)16-14(20)4-3-5-15(16)21/h3-5,10,12,22H,6-9H2,1-2H3,(H,27,28). The minimum absolute atomic E-state index is 0.324. The number of imide groups is 1. The molecule has 1 aromatic rings. The highest BCUT2D eigenvalue weighted by Gasteiger charge is 2.53. The van der Waals surface area contributed by atoms with Crippen molar-refractivity contribution in [2.45, 2.75) is 38.4 Å². The highest BCUT2D eigenvalue weighted by molar-refractivity contribution is 6.20. The molecule has 2 N–H and O–H groups in total. The summed E-state index contributed by atoms with van der Waals surface area (Å²) in [7, 11) is 0. The SMILES string of the molecule is CC(=O)N1C(=O)C(C(=O)O)=CN(C2CCNCC2)C1(C)c1c(F)cccc1F. The van der Waals surface area contributed by atoms with Crippen LogP contribution in [0.2, 0.25) is 0 Å². The summed E-state index contributed by atoms with van der Waals surface area (Å²) >= 11 is 0. The molecule has 2 amide bonds. The van der Waals surface area contributed by atoms with Crippen molar-refractivity contribution in [3.8, 4) is 0 Å². The number of hydrogen-bond donors (Lipinski definition) is 2. The number of carboxylic acid groups (broad SMARTS) is 1. The van der Waals surface area contributed by atoms with Gasteiger partial charge in [0.1, 0.15) is 17.2 Å². The average Bonchev–Trinajstić information content (AvgIpc) is 2.61. The maximum atomic E-state index is 14.8. The Hall–Kier alpha value is -2.81. The number of aliphatic carboxylic acids is 1. The maximum absolute atomic E-state index is 14.8. The van der Waals surface area contributed by atoms with Crippen LogP contribution in [0, 0.1) is 11.6 Å². The molecule has 2 aliphatic rings. The first-order chi connectivity index (χ1) is 13.2. The lowest BCUT2D eigenvalue weighted by atomic mass is 9.89. The molecule has 150 valence electrons. The van der Waals surface area contributed by atoms with Crippen LogP contribution in [0.3, 0.4) is 0 Å². The lowest BCUT2D eigenvalue weighted by Gasteiger charge is -2.53. The molecule has 1 aromatic carbocycles. The number of carboxylic acids is 1. The third kappa shape index (κ3) is 3.05. The van der Waals surface area contributed by atoms with Gasteiger partial charge in [-0.2, -0.15) is 0 Å². The minimum atomic E-state index is -1.85. The van der Waals surface area contributed by atoms with E-state index in [4.69, 9.17) is 0 Å². The second kappa shape index (κ2) is 7.31. The molecule has 0 radical (unpaired) electrons. The van der Waals surface area contributed by atoms with Crippen LogP contribution < -0.4 is 5.32 Å². The number of carbonyl (C=O) groups excluding carboxylic acids is 2. The van der Waals surface area contributed by atoms with Crippen molar-refractivity contribution in [2.75, 3.05) is 13.1 Å². The van der Waals surface area contributed by atoms with E-state index in [2.05, 4.69) is 5.32 Å². The number of piperidine rings is 1. The Labute approximate surface area is 160 Å². The fourth-order valence-corrected chi connectivity index (χ4v) is 4.09. The van der Waals surface area contributed by atoms with Gasteiger partial charge in [-0.05, 0) is 45.0 Å². The Balaban J connectivity index is 2.31. The second-order valence-electron chi connectivity index (χ2n) is 7.01. The third-order valence-electron chi connectivity index (χ3n) is 5.32. The van der Waals surface area contributed by atoms with E-state index >= 15 is 0 Å². The van der Waals surface area contributed by atoms with Gasteiger partial charge < -0.3 is 15.3 Å². The molecule has 2 heterocycles. The summed E-state index contributed by atoms with van der Waals surface area (Å²) in [5.74, 6) is -5.26. The molecule has 1 fully saturated rings. The number of nitrogens with zero attached hydrogens (tertiary/aromatic N) is 2. The molecule has 28 heavy (non-hydrogen) atoms. The molecule has 3 rings (SSSR count). The highest BCUT2D eigenvalue weighted by atomic mass is 19.1. The number of hydrogen-bond acceptors (Lipinski definition) is 5. The predicted octanol–water partition coefficient (Wildman–Crippen LogP) is 1.55. The van der Waals surface area contributed by atoms with Crippen molar-refractivity contribution < 1.29 is 28.3 Å². The van der Waals surface area contributed by atoms with Crippen molar-refractivity contribution in [3.63, 3.8) is 0 Å². The van der Waals surface area contributed by atoms with E-state index in [1.54, 1.807) is 0 Å². The van der Waals surface area contributed by atoms with Crippen LogP contribution in [-0.4, -0.2) is 51.8 Å². The van der Waals surface area contributed by atoms with E-state index in [1.165, 1.54) is 17.9 Å². The molecule has 7 nitrogen and oxygen atoms in total. The average molecular weight is 393 g/mol. The monoisotopic (exact) mass is 393 g/mol. The molecule has 2 aliphatic heterocycles. The Morgan fingerprint density at radius 2 is 1.79 bits per heavy atom. The number of benzene rings is 1. The molecular formula is C19H21F2N3O4. The third-order valence-corrected chi connectivity index (χ3v) is 5.32. The van der Waals surface area contributed by atoms with Gasteiger partial charge in [0.05, 0.1) is 5.56 Å². The molecule has 1 atom stereocenters. The lowest BCUT2D eigenvalue weighted by molar-refractivity contribution is -0.163. The van der Waals surface area contributed by atoms with E-state index in [9.17, 15) is 28.3 Å². The first kappa shape index (κ1) is 19.9. The Bertz CT molecular complexity index is 846. The normalized spacial score (nSPS) is 23.6. The molecule has 0 aliphatic carbocycles. The molecular weight excluding hydrogens is 372 g/mol. The zero-order valence-electron chi connectivity index (χ0n) is 15.5. The minimum Gasteiger partial charge on any atom is -0.477 e. The Kier molecular flexibility index (Phi) is 5.20. The van der Waals surface area contributed by atoms with E-state index in [1.807, 2.05) is 0 Å². The van der Waals surface area contributed by atoms with Gasteiger partial charge in [-0.1, -0.05) is 6.07 Å². The molecule has 9 heteroatoms. The van der Waals surface area contributed by atoms with E-state index in [-0.39, 0.29) is 6.04 Å². The van der Waals surface area contributed by atoms with Crippen LogP contribution in [0.15, 0.2) is 30.0 Å². The largest absolute Gasteiger partial charge is 0.477 e. The van der Waals surface area contributed by atoms with Crippen LogP contribution in [0.4, 0.5) is 8.78 Å². The van der Waals surface area contributed by atoms with Crippen molar-refractivity contribution in [1.82, 2.24) is 15.1 Å².